The van der Waals surface area contributed by atoms with Crippen LogP contribution in [0.1, 0.15) is 88.8 Å². The lowest BCUT2D eigenvalue weighted by atomic mass is 10.1. The predicted molar refractivity (Wildman–Crippen MR) is 396 cm³/mol. The van der Waals surface area contributed by atoms with Crippen molar-refractivity contribution in [3.63, 3.8) is 0 Å². The standard InChI is InChI=1S/2C34H41IN6O7S2/c1-22-18-40(33(42)48-34(2,3)4)21-29(22)38-49(43)30-16-15-27(35)31(28-17-36-39-37-28)32(30)50(44,45)41(19-23-7-11-25(46-5)12-8-23)20-24-9-13-26(47-6)14-10-24;1-22-17-40(33(42)48-34(2,3)4)20-28(22)39-49(43)29-16-15-27(35)30(32-36-21-37-38-32)31(29)50(44,45)41(18-23-7-11-25(46-5)12-8-23)19-24-9-13-26(47-6)14-10-24/h7-16,22,29,38H,17-21H2,1-6H3;7-16,22,28,39H,17-21H2,1-6H3/t22-,29-,49?;22-,28-,49?/m11/s1. The molecule has 4 aliphatic heterocycles. The molecule has 0 saturated carbocycles. The van der Waals surface area contributed by atoms with Crippen molar-refractivity contribution in [2.75, 3.05) is 67.8 Å². The van der Waals surface area contributed by atoms with Crippen LogP contribution in [0.25, 0.3) is 0 Å². The van der Waals surface area contributed by atoms with E-state index < -0.39 is 77.5 Å². The summed E-state index contributed by atoms with van der Waals surface area (Å²) in [6.45, 7) is 16.1. The summed E-state index contributed by atoms with van der Waals surface area (Å²) in [7, 11) is -6.62. The molecule has 4 aliphatic rings. The van der Waals surface area contributed by atoms with Gasteiger partial charge in [-0.15, -0.1) is 10.2 Å². The molecule has 0 bridgehead atoms. The molecule has 2 fully saturated rings. The van der Waals surface area contributed by atoms with Gasteiger partial charge in [-0.2, -0.15) is 18.8 Å². The first-order chi connectivity index (χ1) is 47.4. The van der Waals surface area contributed by atoms with Crippen LogP contribution in [0, 0.1) is 19.0 Å². The monoisotopic (exact) mass is 1670 g/mol. The average Bonchev–Trinajstić information content (AvgIpc) is 1.19. The van der Waals surface area contributed by atoms with E-state index in [1.54, 1.807) is 177 Å². The lowest BCUT2D eigenvalue weighted by Crippen LogP contribution is -2.40. The van der Waals surface area contributed by atoms with Crippen molar-refractivity contribution in [3.05, 3.63) is 162 Å². The summed E-state index contributed by atoms with van der Waals surface area (Å²) in [4.78, 5) is 33.0. The van der Waals surface area contributed by atoms with Crippen LogP contribution in [0.5, 0.6) is 23.0 Å². The first-order valence-electron chi connectivity index (χ1n) is 31.7. The number of hydrogen-bond donors (Lipinski definition) is 2. The van der Waals surface area contributed by atoms with Crippen molar-refractivity contribution in [1.82, 2.24) is 27.9 Å². The fourth-order valence-corrected chi connectivity index (χ4v) is 19.7. The number of benzene rings is 6. The third-order valence-corrected chi connectivity index (χ3v) is 24.6. The van der Waals surface area contributed by atoms with Crippen LogP contribution >= 0.6 is 45.2 Å². The van der Waals surface area contributed by atoms with E-state index in [9.17, 15) is 18.0 Å². The number of rotatable bonds is 24. The van der Waals surface area contributed by atoms with Gasteiger partial charge in [-0.05, 0) is 199 Å². The number of azo groups is 1. The Hall–Kier alpha value is -6.90. The van der Waals surface area contributed by atoms with E-state index >= 15 is 16.8 Å². The number of amides is 2. The molecule has 4 heterocycles. The number of methoxy groups -OCH3 is 4. The first-order valence-corrected chi connectivity index (χ1v) is 39.1. The van der Waals surface area contributed by atoms with E-state index in [0.717, 1.165) is 22.3 Å². The summed E-state index contributed by atoms with van der Waals surface area (Å²) >= 11 is 4.11. The van der Waals surface area contributed by atoms with Crippen molar-refractivity contribution < 1.29 is 63.3 Å². The molecule has 2 amide bonds. The van der Waals surface area contributed by atoms with Gasteiger partial charge in [0.25, 0.3) is 0 Å². The Bertz CT molecular complexity index is 4250. The fraction of sp³-hybridized carbons (Fsp3) is 0.412. The van der Waals surface area contributed by atoms with Crippen LogP contribution in [0.3, 0.4) is 0 Å². The number of carbonyl (C=O) groups excluding carboxylic acids is 2. The summed E-state index contributed by atoms with van der Waals surface area (Å²) in [6.07, 6.45) is -0.921. The number of nitrogens with zero attached hydrogens (tertiary/aromatic N) is 10. The molecule has 0 aliphatic carbocycles. The molecule has 2 unspecified atom stereocenters. The Labute approximate surface area is 616 Å². The maximum atomic E-state index is 15.1. The summed E-state index contributed by atoms with van der Waals surface area (Å²) in [6, 6.07) is 34.3. The number of nitrogens with one attached hydrogen (secondary N) is 2. The molecule has 2 N–H and O–H groups in total. The van der Waals surface area contributed by atoms with Crippen LogP contribution in [-0.2, 0) is 77.7 Å². The van der Waals surface area contributed by atoms with Crippen LogP contribution in [0.4, 0.5) is 9.59 Å². The number of amidine groups is 1. The maximum absolute atomic E-state index is 15.1. The van der Waals surface area contributed by atoms with Gasteiger partial charge in [0.1, 0.15) is 72.5 Å². The summed E-state index contributed by atoms with van der Waals surface area (Å²) in [5.41, 5.74) is 2.43. The lowest BCUT2D eigenvalue weighted by Gasteiger charge is -2.26. The molecular formula is C68H82I2N12O14S4. The maximum Gasteiger partial charge on any atom is 0.410 e. The van der Waals surface area contributed by atoms with Crippen molar-refractivity contribution in [2.24, 2.45) is 42.5 Å². The van der Waals surface area contributed by atoms with Gasteiger partial charge in [-0.3, -0.25) is 0 Å². The predicted octanol–water partition coefficient (Wildman–Crippen LogP) is 11.5. The molecule has 0 aromatic heterocycles. The topological polar surface area (TPSA) is 303 Å². The van der Waals surface area contributed by atoms with Crippen molar-refractivity contribution >= 4 is 111 Å². The fourth-order valence-electron chi connectivity index (χ4n) is 11.1. The number of carbonyl (C=O) groups is 2. The van der Waals surface area contributed by atoms with Gasteiger partial charge in [0.05, 0.1) is 49.5 Å². The Morgan fingerprint density at radius 3 is 1.19 bits per heavy atom. The van der Waals surface area contributed by atoms with E-state index in [1.165, 1.54) is 8.61 Å². The first kappa shape index (κ1) is 77.3. The SMILES string of the molecule is COc1ccc(CN(Cc2ccc(OC)cc2)S(=O)(=O)c2c(S(=O)N[C@@H]3CN(C(=O)OC(C)(C)C)C[C@H]3C)ccc(I)c2C2=NCN=N2)cc1.COc1ccc(CN(Cc2ccc(OC)cc2)S(=O)(=O)c2c(S(=O)N[C@@H]3CN(C(=O)OC(C)(C)C)C[C@H]3C)ccc(I)c2C2=NN=NC2)cc1. The number of ether oxygens (including phenoxy) is 6. The highest BCUT2D eigenvalue weighted by Gasteiger charge is 2.42. The molecule has 0 radical (unpaired) electrons. The van der Waals surface area contributed by atoms with Crippen molar-refractivity contribution in [2.45, 2.75) is 124 Å². The van der Waals surface area contributed by atoms with E-state index in [0.29, 0.717) is 54.5 Å². The van der Waals surface area contributed by atoms with E-state index in [-0.39, 0.29) is 95.3 Å². The van der Waals surface area contributed by atoms with E-state index in [4.69, 9.17) is 28.4 Å². The van der Waals surface area contributed by atoms with Crippen LogP contribution in [0.2, 0.25) is 0 Å². The molecule has 100 heavy (non-hydrogen) atoms. The van der Waals surface area contributed by atoms with Gasteiger partial charge in [0.2, 0.25) is 20.0 Å². The number of hydrogen-bond acceptors (Lipinski definition) is 20. The van der Waals surface area contributed by atoms with Gasteiger partial charge >= 0.3 is 12.2 Å². The summed E-state index contributed by atoms with van der Waals surface area (Å²) < 4.78 is 132. The summed E-state index contributed by atoms with van der Waals surface area (Å²) in [5, 5.41) is 20.1. The lowest BCUT2D eigenvalue weighted by molar-refractivity contribution is 0.0277. The van der Waals surface area contributed by atoms with Crippen molar-refractivity contribution in [3.8, 4) is 23.0 Å². The highest BCUT2D eigenvalue weighted by atomic mass is 127. The van der Waals surface area contributed by atoms with Crippen LogP contribution < -0.4 is 28.4 Å². The zero-order valence-corrected chi connectivity index (χ0v) is 65.1. The molecular weight excluding hydrogens is 1590 g/mol. The van der Waals surface area contributed by atoms with E-state index in [2.05, 4.69) is 62.7 Å². The number of aliphatic imine (C=N–C) groups is 1. The minimum absolute atomic E-state index is 0.00127. The largest absolute Gasteiger partial charge is 0.497 e. The molecule has 6 aromatic rings. The minimum atomic E-state index is -4.42. The van der Waals surface area contributed by atoms with Crippen LogP contribution in [0.15, 0.2) is 172 Å². The highest BCUT2D eigenvalue weighted by molar-refractivity contribution is 14.1. The second-order valence-corrected chi connectivity index (χ2v) is 34.4. The second kappa shape index (κ2) is 33.5. The molecule has 0 spiro atoms. The number of halogens is 2. The molecule has 2 saturated heterocycles. The van der Waals surface area contributed by atoms with Crippen molar-refractivity contribution in [1.29, 1.82) is 0 Å². The van der Waals surface area contributed by atoms with Crippen LogP contribution in [-0.4, -0.2) is 159 Å². The smallest absolute Gasteiger partial charge is 0.410 e. The van der Waals surface area contributed by atoms with Gasteiger partial charge in [-0.25, -0.2) is 49.3 Å². The van der Waals surface area contributed by atoms with Gasteiger partial charge < -0.3 is 38.2 Å². The van der Waals surface area contributed by atoms with Gasteiger partial charge in [-0.1, -0.05) is 62.4 Å². The number of likely N-dealkylation sites (tertiary alicyclic amines) is 2. The third kappa shape index (κ3) is 19.4. The quantitative estimate of drug-likeness (QED) is 0.0533. The molecule has 26 nitrogen and oxygen atoms in total. The molecule has 6 aromatic carbocycles. The molecule has 32 heteroatoms. The normalized spacial score (nSPS) is 18.3. The third-order valence-electron chi connectivity index (χ3n) is 16.3. The van der Waals surface area contributed by atoms with Gasteiger partial charge in [0, 0.05) is 77.1 Å². The minimum Gasteiger partial charge on any atom is -0.497 e. The zero-order chi connectivity index (χ0) is 72.4. The number of sulfonamides is 2. The van der Waals surface area contributed by atoms with E-state index in [1.807, 2.05) is 60.7 Å². The summed E-state index contributed by atoms with van der Waals surface area (Å²) in [5.74, 6) is 2.51. The average molecular weight is 1670 g/mol. The van der Waals surface area contributed by atoms with Gasteiger partial charge in [0.15, 0.2) is 12.5 Å². The molecule has 536 valence electrons. The highest BCUT2D eigenvalue weighted by Crippen LogP contribution is 2.37. The zero-order valence-electron chi connectivity index (χ0n) is 57.5. The molecule has 10 rings (SSSR count). The Balaban J connectivity index is 0.000000233. The second-order valence-electron chi connectivity index (χ2n) is 25.9. The Morgan fingerprint density at radius 2 is 0.880 bits per heavy atom. The Morgan fingerprint density at radius 1 is 0.530 bits per heavy atom. The Kier molecular flexibility index (Phi) is 25.9. The molecule has 6 atom stereocenters.